The number of nitrogens with one attached hydrogen (secondary N) is 2. The second-order valence-electron chi connectivity index (χ2n) is 5.58. The lowest BCUT2D eigenvalue weighted by atomic mass is 10.1. The molecule has 0 saturated heterocycles. The van der Waals surface area contributed by atoms with Crippen LogP contribution in [0, 0.1) is 12.8 Å². The smallest absolute Gasteiger partial charge is 0.270 e. The molecule has 1 aliphatic carbocycles. The van der Waals surface area contributed by atoms with E-state index in [0.717, 1.165) is 31.5 Å². The molecule has 5 heteroatoms. The Labute approximate surface area is 114 Å². The lowest BCUT2D eigenvalue weighted by Crippen LogP contribution is -2.27. The van der Waals surface area contributed by atoms with Gasteiger partial charge >= 0.3 is 0 Å². The summed E-state index contributed by atoms with van der Waals surface area (Å²) in [5.74, 6) is 1.08. The van der Waals surface area contributed by atoms with Crippen molar-refractivity contribution < 1.29 is 4.79 Å². The maximum Gasteiger partial charge on any atom is 0.270 e. The molecular weight excluding hydrogens is 240 g/mol. The monoisotopic (exact) mass is 262 g/mol. The predicted octanol–water partition coefficient (Wildman–Crippen LogP) is 2.14. The summed E-state index contributed by atoms with van der Waals surface area (Å²) >= 11 is 0. The van der Waals surface area contributed by atoms with E-state index in [2.05, 4.69) is 34.4 Å². The quantitative estimate of drug-likeness (QED) is 0.824. The fraction of sp³-hybridized carbons (Fsp3) is 0.643. The maximum absolute atomic E-state index is 12.0. The summed E-state index contributed by atoms with van der Waals surface area (Å²) in [6.07, 6.45) is 3.21. The van der Waals surface area contributed by atoms with Gasteiger partial charge in [-0.3, -0.25) is 4.79 Å². The standard InChI is InChI=1S/C14H22N4O/c1-9(2)6-7-15-14-16-10(3)8-12(18-14)13(19)17-11-4-5-11/h8-9,11H,4-7H2,1-3H3,(H,17,19)(H,15,16,18). The van der Waals surface area contributed by atoms with Crippen LogP contribution in [0.25, 0.3) is 0 Å². The number of anilines is 1. The van der Waals surface area contributed by atoms with Gasteiger partial charge in [-0.2, -0.15) is 0 Å². The lowest BCUT2D eigenvalue weighted by Gasteiger charge is -2.09. The molecule has 1 heterocycles. The third-order valence-electron chi connectivity index (χ3n) is 3.00. The van der Waals surface area contributed by atoms with Gasteiger partial charge in [0.1, 0.15) is 5.69 Å². The van der Waals surface area contributed by atoms with Crippen molar-refractivity contribution in [3.63, 3.8) is 0 Å². The predicted molar refractivity (Wildman–Crippen MR) is 75.2 cm³/mol. The molecule has 5 nitrogen and oxygen atoms in total. The minimum absolute atomic E-state index is 0.0973. The first-order valence-corrected chi connectivity index (χ1v) is 6.95. The van der Waals surface area contributed by atoms with E-state index < -0.39 is 0 Å². The van der Waals surface area contributed by atoms with Crippen LogP contribution in [0.2, 0.25) is 0 Å². The highest BCUT2D eigenvalue weighted by atomic mass is 16.2. The molecule has 0 aliphatic heterocycles. The number of carbonyl (C=O) groups excluding carboxylic acids is 1. The van der Waals surface area contributed by atoms with Crippen LogP contribution in [0.15, 0.2) is 6.07 Å². The van der Waals surface area contributed by atoms with Crippen molar-refractivity contribution in [3.05, 3.63) is 17.5 Å². The van der Waals surface area contributed by atoms with Crippen LogP contribution in [0.1, 0.15) is 49.3 Å². The molecule has 1 amide bonds. The number of aromatic nitrogens is 2. The largest absolute Gasteiger partial charge is 0.354 e. The molecule has 1 saturated carbocycles. The highest BCUT2D eigenvalue weighted by molar-refractivity contribution is 5.93. The Morgan fingerprint density at radius 2 is 2.16 bits per heavy atom. The van der Waals surface area contributed by atoms with E-state index in [1.54, 1.807) is 6.07 Å². The first-order valence-electron chi connectivity index (χ1n) is 6.95. The minimum atomic E-state index is -0.0973. The third kappa shape index (κ3) is 4.50. The Morgan fingerprint density at radius 1 is 1.42 bits per heavy atom. The van der Waals surface area contributed by atoms with Crippen LogP contribution in [0.5, 0.6) is 0 Å². The van der Waals surface area contributed by atoms with Gasteiger partial charge in [0, 0.05) is 18.3 Å². The summed E-state index contributed by atoms with van der Waals surface area (Å²) in [6, 6.07) is 2.07. The number of carbonyl (C=O) groups is 1. The number of aryl methyl sites for hydroxylation is 1. The van der Waals surface area contributed by atoms with Crippen LogP contribution >= 0.6 is 0 Å². The van der Waals surface area contributed by atoms with E-state index in [1.807, 2.05) is 6.92 Å². The molecule has 1 aromatic heterocycles. The number of nitrogens with zero attached hydrogens (tertiary/aromatic N) is 2. The molecule has 1 fully saturated rings. The SMILES string of the molecule is Cc1cc(C(=O)NC2CC2)nc(NCCC(C)C)n1. The normalized spacial score (nSPS) is 14.5. The summed E-state index contributed by atoms with van der Waals surface area (Å²) < 4.78 is 0. The van der Waals surface area contributed by atoms with Crippen molar-refractivity contribution >= 4 is 11.9 Å². The first kappa shape index (κ1) is 13.8. The molecule has 104 valence electrons. The molecule has 0 aromatic carbocycles. The average Bonchev–Trinajstić information content (AvgIpc) is 3.11. The van der Waals surface area contributed by atoms with E-state index in [0.29, 0.717) is 23.6 Å². The van der Waals surface area contributed by atoms with E-state index in [1.165, 1.54) is 0 Å². The van der Waals surface area contributed by atoms with E-state index in [4.69, 9.17) is 0 Å². The molecule has 0 spiro atoms. The number of amides is 1. The Kier molecular flexibility index (Phi) is 4.35. The number of rotatable bonds is 6. The third-order valence-corrected chi connectivity index (χ3v) is 3.00. The molecule has 0 radical (unpaired) electrons. The maximum atomic E-state index is 12.0. The fourth-order valence-corrected chi connectivity index (χ4v) is 1.72. The van der Waals surface area contributed by atoms with Gasteiger partial charge in [-0.1, -0.05) is 13.8 Å². The number of hydrogen-bond acceptors (Lipinski definition) is 4. The van der Waals surface area contributed by atoms with Crippen molar-refractivity contribution in [1.29, 1.82) is 0 Å². The van der Waals surface area contributed by atoms with Gasteiger partial charge < -0.3 is 10.6 Å². The molecule has 2 N–H and O–H groups in total. The van der Waals surface area contributed by atoms with Crippen molar-refractivity contribution in [1.82, 2.24) is 15.3 Å². The average molecular weight is 262 g/mol. The Bertz CT molecular complexity index is 455. The van der Waals surface area contributed by atoms with Crippen molar-refractivity contribution in [2.45, 2.75) is 46.1 Å². The van der Waals surface area contributed by atoms with Crippen LogP contribution in [-0.4, -0.2) is 28.5 Å². The summed E-state index contributed by atoms with van der Waals surface area (Å²) in [5.41, 5.74) is 1.26. The zero-order valence-corrected chi connectivity index (χ0v) is 11.9. The summed E-state index contributed by atoms with van der Waals surface area (Å²) in [6.45, 7) is 7.05. The first-order chi connectivity index (χ1) is 9.04. The van der Waals surface area contributed by atoms with Gasteiger partial charge in [-0.05, 0) is 38.2 Å². The van der Waals surface area contributed by atoms with E-state index in [-0.39, 0.29) is 5.91 Å². The lowest BCUT2D eigenvalue weighted by molar-refractivity contribution is 0.0946. The van der Waals surface area contributed by atoms with Gasteiger partial charge in [0.25, 0.3) is 5.91 Å². The second kappa shape index (κ2) is 5.99. The molecule has 0 bridgehead atoms. The topological polar surface area (TPSA) is 66.9 Å². The zero-order chi connectivity index (χ0) is 13.8. The molecule has 1 aromatic rings. The molecule has 19 heavy (non-hydrogen) atoms. The fourth-order valence-electron chi connectivity index (χ4n) is 1.72. The van der Waals surface area contributed by atoms with Gasteiger partial charge in [0.15, 0.2) is 0 Å². The molecular formula is C14H22N4O. The van der Waals surface area contributed by atoms with Crippen LogP contribution < -0.4 is 10.6 Å². The number of hydrogen-bond donors (Lipinski definition) is 2. The molecule has 0 unspecified atom stereocenters. The van der Waals surface area contributed by atoms with Gasteiger partial charge in [0.2, 0.25) is 5.95 Å². The molecule has 2 rings (SSSR count). The van der Waals surface area contributed by atoms with Crippen molar-refractivity contribution in [2.75, 3.05) is 11.9 Å². The zero-order valence-electron chi connectivity index (χ0n) is 11.9. The highest BCUT2D eigenvalue weighted by Crippen LogP contribution is 2.19. The van der Waals surface area contributed by atoms with Crippen LogP contribution in [0.3, 0.4) is 0 Å². The van der Waals surface area contributed by atoms with Gasteiger partial charge in [-0.25, -0.2) is 9.97 Å². The van der Waals surface area contributed by atoms with Crippen molar-refractivity contribution in [3.8, 4) is 0 Å². The Hall–Kier alpha value is -1.65. The molecule has 0 atom stereocenters. The van der Waals surface area contributed by atoms with Crippen LogP contribution in [-0.2, 0) is 0 Å². The minimum Gasteiger partial charge on any atom is -0.354 e. The second-order valence-corrected chi connectivity index (χ2v) is 5.58. The summed E-state index contributed by atoms with van der Waals surface area (Å²) in [7, 11) is 0. The Balaban J connectivity index is 1.99. The van der Waals surface area contributed by atoms with Gasteiger partial charge in [-0.15, -0.1) is 0 Å². The summed E-state index contributed by atoms with van der Waals surface area (Å²) in [5, 5.41) is 6.12. The summed E-state index contributed by atoms with van der Waals surface area (Å²) in [4.78, 5) is 20.5. The van der Waals surface area contributed by atoms with Crippen molar-refractivity contribution in [2.24, 2.45) is 5.92 Å². The van der Waals surface area contributed by atoms with E-state index in [9.17, 15) is 4.79 Å². The Morgan fingerprint density at radius 3 is 2.79 bits per heavy atom. The molecule has 1 aliphatic rings. The highest BCUT2D eigenvalue weighted by Gasteiger charge is 2.24. The van der Waals surface area contributed by atoms with E-state index >= 15 is 0 Å². The van der Waals surface area contributed by atoms with Gasteiger partial charge in [0.05, 0.1) is 0 Å². The van der Waals surface area contributed by atoms with Crippen LogP contribution in [0.4, 0.5) is 5.95 Å².